The second kappa shape index (κ2) is 11.3. The normalized spacial score (nSPS) is 12.4. The molecule has 1 aromatic heterocycles. The van der Waals surface area contributed by atoms with E-state index in [0.29, 0.717) is 5.56 Å². The molecule has 3 aromatic carbocycles. The molecule has 0 aliphatic heterocycles. The summed E-state index contributed by atoms with van der Waals surface area (Å²) < 4.78 is 98.5. The summed E-state index contributed by atoms with van der Waals surface area (Å²) in [6.07, 6.45) is -4.94. The van der Waals surface area contributed by atoms with Gasteiger partial charge in [0.1, 0.15) is 9.96 Å². The van der Waals surface area contributed by atoms with E-state index in [9.17, 15) is 30.0 Å². The Bertz CT molecular complexity index is 1740. The lowest BCUT2D eigenvalue weighted by Crippen LogP contribution is -2.18. The van der Waals surface area contributed by atoms with Gasteiger partial charge >= 0.3 is 6.36 Å². The summed E-state index contributed by atoms with van der Waals surface area (Å²) in [7, 11) is -8.50. The summed E-state index contributed by atoms with van der Waals surface area (Å²) in [5.41, 5.74) is 2.26. The van der Waals surface area contributed by atoms with E-state index in [2.05, 4.69) is 14.2 Å². The largest absolute Gasteiger partial charge is 0.573 e. The molecule has 0 spiro atoms. The number of sulfonamides is 2. The molecule has 0 unspecified atom stereocenters. The number of ether oxygens (including phenoxy) is 1. The number of benzene rings is 3. The lowest BCUT2D eigenvalue weighted by Gasteiger charge is -2.17. The first kappa shape index (κ1) is 29.7. The Morgan fingerprint density at radius 2 is 1.45 bits per heavy atom. The standard InChI is InChI=1S/C26H22ClF3N2O5S3/c1-16(2)17-4-3-5-18(14-17)19-6-11-22(23(15-19)32-40(35,36)25-13-12-24(27)38-25)31-39(33,34)21-9-7-20(8-10-21)37-26(28,29)30/h3-16,31-32H,1-2H3. The predicted octanol–water partition coefficient (Wildman–Crippen LogP) is 7.69. The maximum Gasteiger partial charge on any atom is 0.573 e. The van der Waals surface area contributed by atoms with Crippen molar-refractivity contribution in [3.05, 3.63) is 88.8 Å². The zero-order valence-electron chi connectivity index (χ0n) is 20.9. The molecule has 40 heavy (non-hydrogen) atoms. The van der Waals surface area contributed by atoms with Gasteiger partial charge < -0.3 is 4.74 Å². The van der Waals surface area contributed by atoms with Crippen LogP contribution in [0.5, 0.6) is 5.75 Å². The van der Waals surface area contributed by atoms with Crippen molar-refractivity contribution in [1.29, 1.82) is 0 Å². The number of rotatable bonds is 9. The van der Waals surface area contributed by atoms with Crippen molar-refractivity contribution in [2.75, 3.05) is 9.44 Å². The molecular formula is C26H22ClF3N2O5S3. The molecule has 0 aliphatic rings. The van der Waals surface area contributed by atoms with E-state index >= 15 is 0 Å². The number of halogens is 4. The third-order valence-corrected chi connectivity index (χ3v) is 10.0. The van der Waals surface area contributed by atoms with Crippen molar-refractivity contribution in [3.63, 3.8) is 0 Å². The van der Waals surface area contributed by atoms with Crippen LogP contribution in [0, 0.1) is 0 Å². The monoisotopic (exact) mass is 630 g/mol. The quantitative estimate of drug-likeness (QED) is 0.197. The number of anilines is 2. The van der Waals surface area contributed by atoms with Crippen LogP contribution in [-0.2, 0) is 20.0 Å². The van der Waals surface area contributed by atoms with E-state index in [0.717, 1.165) is 46.7 Å². The van der Waals surface area contributed by atoms with Gasteiger partial charge in [0.25, 0.3) is 20.0 Å². The van der Waals surface area contributed by atoms with Gasteiger partial charge in [-0.2, -0.15) is 0 Å². The minimum absolute atomic E-state index is 0.0717. The van der Waals surface area contributed by atoms with Crippen LogP contribution in [0.15, 0.2) is 88.0 Å². The molecule has 0 radical (unpaired) electrons. The SMILES string of the molecule is CC(C)c1cccc(-c2ccc(NS(=O)(=O)c3ccc(OC(F)(F)F)cc3)c(NS(=O)(=O)c3ccc(Cl)s3)c2)c1. The van der Waals surface area contributed by atoms with Crippen LogP contribution in [0.25, 0.3) is 11.1 Å². The number of hydrogen-bond acceptors (Lipinski definition) is 6. The maximum absolute atomic E-state index is 13.1. The summed E-state index contributed by atoms with van der Waals surface area (Å²) in [5, 5.41) is 0. The predicted molar refractivity (Wildman–Crippen MR) is 150 cm³/mol. The highest BCUT2D eigenvalue weighted by Crippen LogP contribution is 2.35. The molecular weight excluding hydrogens is 609 g/mol. The molecule has 212 valence electrons. The molecule has 7 nitrogen and oxygen atoms in total. The molecule has 0 atom stereocenters. The van der Waals surface area contributed by atoms with E-state index in [1.807, 2.05) is 38.1 Å². The first-order chi connectivity index (χ1) is 18.6. The lowest BCUT2D eigenvalue weighted by atomic mass is 9.97. The number of nitrogens with one attached hydrogen (secondary N) is 2. The molecule has 0 saturated heterocycles. The molecule has 4 rings (SSSR count). The summed E-state index contributed by atoms with van der Waals surface area (Å²) in [6, 6.07) is 18.5. The summed E-state index contributed by atoms with van der Waals surface area (Å²) in [6.45, 7) is 4.06. The average Bonchev–Trinajstić information content (AvgIpc) is 3.31. The topological polar surface area (TPSA) is 102 Å². The van der Waals surface area contributed by atoms with Crippen molar-refractivity contribution >= 4 is 54.4 Å². The van der Waals surface area contributed by atoms with Crippen molar-refractivity contribution in [1.82, 2.24) is 0 Å². The molecule has 0 aliphatic carbocycles. The van der Waals surface area contributed by atoms with Crippen LogP contribution < -0.4 is 14.2 Å². The number of thiophene rings is 1. The van der Waals surface area contributed by atoms with Gasteiger partial charge in [0.2, 0.25) is 0 Å². The third-order valence-electron chi connectivity index (χ3n) is 5.58. The van der Waals surface area contributed by atoms with Gasteiger partial charge in [-0.15, -0.1) is 24.5 Å². The fraction of sp³-hybridized carbons (Fsp3) is 0.154. The minimum Gasteiger partial charge on any atom is -0.406 e. The molecule has 0 bridgehead atoms. The van der Waals surface area contributed by atoms with Crippen LogP contribution in [0.1, 0.15) is 25.3 Å². The van der Waals surface area contributed by atoms with Gasteiger partial charge in [-0.1, -0.05) is 55.8 Å². The van der Waals surface area contributed by atoms with Gasteiger partial charge in [0, 0.05) is 0 Å². The van der Waals surface area contributed by atoms with Gasteiger partial charge in [-0.3, -0.25) is 9.44 Å². The highest BCUT2D eigenvalue weighted by atomic mass is 35.5. The van der Waals surface area contributed by atoms with E-state index in [1.54, 1.807) is 6.07 Å². The molecule has 1 heterocycles. The van der Waals surface area contributed by atoms with Crippen molar-refractivity contribution in [3.8, 4) is 16.9 Å². The van der Waals surface area contributed by atoms with E-state index in [-0.39, 0.29) is 30.7 Å². The fourth-order valence-electron chi connectivity index (χ4n) is 3.64. The zero-order valence-corrected chi connectivity index (χ0v) is 24.1. The van der Waals surface area contributed by atoms with Crippen molar-refractivity contribution in [2.24, 2.45) is 0 Å². The highest BCUT2D eigenvalue weighted by molar-refractivity contribution is 7.94. The van der Waals surface area contributed by atoms with Gasteiger partial charge in [-0.05, 0) is 71.1 Å². The highest BCUT2D eigenvalue weighted by Gasteiger charge is 2.31. The number of hydrogen-bond donors (Lipinski definition) is 2. The molecule has 2 N–H and O–H groups in total. The summed E-state index contributed by atoms with van der Waals surface area (Å²) >= 11 is 6.74. The second-order valence-corrected chi connectivity index (χ2v) is 14.1. The first-order valence-corrected chi connectivity index (χ1v) is 15.7. The van der Waals surface area contributed by atoms with Crippen molar-refractivity contribution in [2.45, 2.75) is 35.2 Å². The van der Waals surface area contributed by atoms with Crippen molar-refractivity contribution < 1.29 is 34.7 Å². The van der Waals surface area contributed by atoms with E-state index in [1.165, 1.54) is 24.3 Å². The van der Waals surface area contributed by atoms with E-state index < -0.39 is 32.2 Å². The fourth-order valence-corrected chi connectivity index (χ4v) is 7.27. The molecule has 14 heteroatoms. The Balaban J connectivity index is 1.73. The Kier molecular flexibility index (Phi) is 8.41. The average molecular weight is 631 g/mol. The minimum atomic E-state index is -4.94. The van der Waals surface area contributed by atoms with Crippen LogP contribution >= 0.6 is 22.9 Å². The maximum atomic E-state index is 13.1. The number of alkyl halides is 3. The summed E-state index contributed by atoms with van der Waals surface area (Å²) in [4.78, 5) is -0.366. The zero-order chi connectivity index (χ0) is 29.3. The van der Waals surface area contributed by atoms with Gasteiger partial charge in [0.05, 0.1) is 20.6 Å². The Labute approximate surface area is 238 Å². The van der Waals surface area contributed by atoms with E-state index in [4.69, 9.17) is 11.6 Å². The van der Waals surface area contributed by atoms with Crippen LogP contribution in [0.2, 0.25) is 4.34 Å². The molecule has 0 amide bonds. The second-order valence-electron chi connectivity index (χ2n) is 8.83. The smallest absolute Gasteiger partial charge is 0.406 e. The lowest BCUT2D eigenvalue weighted by molar-refractivity contribution is -0.274. The van der Waals surface area contributed by atoms with Gasteiger partial charge in [-0.25, -0.2) is 16.8 Å². The Morgan fingerprint density at radius 3 is 2.05 bits per heavy atom. The molecule has 4 aromatic rings. The molecule has 0 saturated carbocycles. The third kappa shape index (κ3) is 7.27. The first-order valence-electron chi connectivity index (χ1n) is 11.5. The van der Waals surface area contributed by atoms with Crippen LogP contribution in [0.3, 0.4) is 0 Å². The summed E-state index contributed by atoms with van der Waals surface area (Å²) in [5.74, 6) is -0.358. The Morgan fingerprint density at radius 1 is 0.800 bits per heavy atom. The molecule has 0 fully saturated rings. The van der Waals surface area contributed by atoms with Gasteiger partial charge in [0.15, 0.2) is 0 Å². The Hall–Kier alpha value is -3.26. The van der Waals surface area contributed by atoms with Crippen LogP contribution in [0.4, 0.5) is 24.5 Å². The van der Waals surface area contributed by atoms with Crippen LogP contribution in [-0.4, -0.2) is 23.2 Å².